The van der Waals surface area contributed by atoms with Crippen LogP contribution in [0.15, 0.2) is 12.5 Å². The van der Waals surface area contributed by atoms with Crippen molar-refractivity contribution in [1.82, 2.24) is 9.55 Å². The molecule has 1 aromatic rings. The van der Waals surface area contributed by atoms with Crippen molar-refractivity contribution in [3.8, 4) is 0 Å². The van der Waals surface area contributed by atoms with E-state index in [4.69, 9.17) is 11.6 Å². The number of halogens is 4. The first-order valence-corrected chi connectivity index (χ1v) is 4.99. The van der Waals surface area contributed by atoms with Crippen LogP contribution < -0.4 is 0 Å². The molecule has 1 heterocycles. The van der Waals surface area contributed by atoms with E-state index in [0.717, 1.165) is 10.9 Å². The summed E-state index contributed by atoms with van der Waals surface area (Å²) in [7, 11) is 0. The van der Waals surface area contributed by atoms with Crippen LogP contribution in [-0.4, -0.2) is 20.7 Å². The van der Waals surface area contributed by atoms with Crippen LogP contribution in [-0.2, 0) is 11.0 Å². The second-order valence-electron chi connectivity index (χ2n) is 3.80. The molecule has 1 saturated carbocycles. The normalized spacial score (nSPS) is 20.5. The Bertz CT molecular complexity index is 411. The van der Waals surface area contributed by atoms with E-state index in [1.165, 1.54) is 0 Å². The Morgan fingerprint density at radius 3 is 2.62 bits per heavy atom. The zero-order valence-corrected chi connectivity index (χ0v) is 8.79. The lowest BCUT2D eigenvalue weighted by atomic mass is 10.2. The molecule has 3 nitrogen and oxygen atoms in total. The fourth-order valence-corrected chi connectivity index (χ4v) is 1.85. The van der Waals surface area contributed by atoms with Crippen LogP contribution in [0.3, 0.4) is 0 Å². The summed E-state index contributed by atoms with van der Waals surface area (Å²) in [5.74, 6) is 0. The molecule has 7 heteroatoms. The fourth-order valence-electron chi connectivity index (χ4n) is 1.60. The van der Waals surface area contributed by atoms with E-state index < -0.39 is 22.8 Å². The van der Waals surface area contributed by atoms with Crippen LogP contribution >= 0.6 is 11.6 Å². The van der Waals surface area contributed by atoms with Gasteiger partial charge in [-0.05, 0) is 12.8 Å². The number of aldehydes is 1. The molecule has 0 radical (unpaired) electrons. The number of alkyl halides is 4. The topological polar surface area (TPSA) is 34.9 Å². The molecule has 0 saturated heterocycles. The molecule has 0 aliphatic heterocycles. The molecule has 2 rings (SSSR count). The van der Waals surface area contributed by atoms with Crippen molar-refractivity contribution in [3.63, 3.8) is 0 Å². The van der Waals surface area contributed by atoms with Crippen molar-refractivity contribution < 1.29 is 18.0 Å². The van der Waals surface area contributed by atoms with Crippen molar-refractivity contribution in [1.29, 1.82) is 0 Å². The predicted molar refractivity (Wildman–Crippen MR) is 50.1 cm³/mol. The average molecular weight is 253 g/mol. The third-order valence-electron chi connectivity index (χ3n) is 2.64. The van der Waals surface area contributed by atoms with Gasteiger partial charge in [0.1, 0.15) is 18.0 Å². The molecule has 0 unspecified atom stereocenters. The number of hydrogen-bond donors (Lipinski definition) is 0. The molecule has 0 bridgehead atoms. The lowest BCUT2D eigenvalue weighted by Gasteiger charge is -2.20. The first-order chi connectivity index (χ1) is 7.38. The zero-order chi connectivity index (χ0) is 12.0. The van der Waals surface area contributed by atoms with Crippen LogP contribution in [0.4, 0.5) is 13.2 Å². The van der Waals surface area contributed by atoms with Crippen molar-refractivity contribution in [3.05, 3.63) is 18.2 Å². The minimum Gasteiger partial charge on any atom is -0.315 e. The number of nitrogens with zero attached hydrogens (tertiary/aromatic N) is 2. The molecule has 0 amide bonds. The van der Waals surface area contributed by atoms with Gasteiger partial charge in [0, 0.05) is 0 Å². The molecule has 1 aromatic heterocycles. The Morgan fingerprint density at radius 2 is 2.19 bits per heavy atom. The van der Waals surface area contributed by atoms with Crippen LogP contribution in [0.1, 0.15) is 24.6 Å². The van der Waals surface area contributed by atoms with E-state index in [2.05, 4.69) is 4.98 Å². The van der Waals surface area contributed by atoms with Gasteiger partial charge >= 0.3 is 6.18 Å². The second kappa shape index (κ2) is 3.48. The Hall–Kier alpha value is -1.04. The highest BCUT2D eigenvalue weighted by molar-refractivity contribution is 6.27. The number of carbonyl (C=O) groups excluding carboxylic acids is 1. The molecule has 1 atom stereocenters. The average Bonchev–Trinajstić information content (AvgIpc) is 2.74. The number of rotatable bonds is 3. The Morgan fingerprint density at radius 1 is 1.56 bits per heavy atom. The summed E-state index contributed by atoms with van der Waals surface area (Å²) in [4.78, 5) is 13.4. The van der Waals surface area contributed by atoms with E-state index >= 15 is 0 Å². The molecule has 1 aliphatic rings. The molecule has 1 fully saturated rings. The molecule has 88 valence electrons. The predicted octanol–water partition coefficient (Wildman–Crippen LogP) is 2.41. The monoisotopic (exact) mass is 252 g/mol. The standard InChI is InChI=1S/C9H8ClF3N2O/c10-8(1-2-8)7(4-16)15-5-14-3-6(15)9(11,12)13/h3-5,7H,1-2H2/t7-/m0/s1. The molecule has 0 N–H and O–H groups in total. The van der Waals surface area contributed by atoms with Gasteiger partial charge in [-0.2, -0.15) is 13.2 Å². The molecule has 1 aliphatic carbocycles. The van der Waals surface area contributed by atoms with Gasteiger partial charge in [0.25, 0.3) is 0 Å². The molecular formula is C9H8ClF3N2O. The SMILES string of the molecule is O=C[C@H](n1cncc1C(F)(F)F)C1(Cl)CC1. The maximum absolute atomic E-state index is 12.6. The van der Waals surface area contributed by atoms with Crippen LogP contribution in [0.2, 0.25) is 0 Å². The Balaban J connectivity index is 2.40. The van der Waals surface area contributed by atoms with Crippen molar-refractivity contribution in [2.45, 2.75) is 29.9 Å². The van der Waals surface area contributed by atoms with Gasteiger partial charge in [-0.1, -0.05) is 0 Å². The van der Waals surface area contributed by atoms with Crippen molar-refractivity contribution in [2.75, 3.05) is 0 Å². The number of hydrogen-bond acceptors (Lipinski definition) is 2. The lowest BCUT2D eigenvalue weighted by Crippen LogP contribution is -2.26. The largest absolute Gasteiger partial charge is 0.433 e. The molecule has 16 heavy (non-hydrogen) atoms. The summed E-state index contributed by atoms with van der Waals surface area (Å²) in [5, 5.41) is 0. The maximum atomic E-state index is 12.6. The van der Waals surface area contributed by atoms with Crippen LogP contribution in [0, 0.1) is 0 Å². The van der Waals surface area contributed by atoms with E-state index in [1.54, 1.807) is 0 Å². The van der Waals surface area contributed by atoms with Crippen molar-refractivity contribution >= 4 is 17.9 Å². The lowest BCUT2D eigenvalue weighted by molar-refractivity contribution is -0.144. The third-order valence-corrected chi connectivity index (χ3v) is 3.24. The minimum atomic E-state index is -4.53. The third kappa shape index (κ3) is 1.81. The highest BCUT2D eigenvalue weighted by atomic mass is 35.5. The fraction of sp³-hybridized carbons (Fsp3) is 0.556. The van der Waals surface area contributed by atoms with Gasteiger partial charge in [0.2, 0.25) is 0 Å². The minimum absolute atomic E-state index is 0.441. The zero-order valence-electron chi connectivity index (χ0n) is 8.04. The molecule has 0 spiro atoms. The van der Waals surface area contributed by atoms with E-state index in [9.17, 15) is 18.0 Å². The van der Waals surface area contributed by atoms with E-state index in [1.807, 2.05) is 0 Å². The summed E-state index contributed by atoms with van der Waals surface area (Å²) in [5.41, 5.74) is -0.948. The van der Waals surface area contributed by atoms with E-state index in [0.29, 0.717) is 25.3 Å². The Labute approximate surface area is 94.2 Å². The van der Waals surface area contributed by atoms with Gasteiger partial charge in [-0.3, -0.25) is 0 Å². The smallest absolute Gasteiger partial charge is 0.315 e. The first kappa shape index (κ1) is 11.4. The molecule has 0 aromatic carbocycles. The van der Waals surface area contributed by atoms with Crippen molar-refractivity contribution in [2.24, 2.45) is 0 Å². The summed E-state index contributed by atoms with van der Waals surface area (Å²) in [6, 6.07) is -1.01. The van der Waals surface area contributed by atoms with Crippen LogP contribution in [0.5, 0.6) is 0 Å². The highest BCUT2D eigenvalue weighted by Gasteiger charge is 2.51. The summed E-state index contributed by atoms with van der Waals surface area (Å²) >= 11 is 5.98. The highest BCUT2D eigenvalue weighted by Crippen LogP contribution is 2.51. The van der Waals surface area contributed by atoms with Crippen LogP contribution in [0.25, 0.3) is 0 Å². The molecular weight excluding hydrogens is 245 g/mol. The summed E-state index contributed by atoms with van der Waals surface area (Å²) in [6.45, 7) is 0. The maximum Gasteiger partial charge on any atom is 0.433 e. The van der Waals surface area contributed by atoms with Gasteiger partial charge in [-0.25, -0.2) is 4.98 Å². The number of aromatic nitrogens is 2. The number of imidazole rings is 1. The van der Waals surface area contributed by atoms with Gasteiger partial charge in [0.15, 0.2) is 0 Å². The second-order valence-corrected chi connectivity index (χ2v) is 4.55. The van der Waals surface area contributed by atoms with Gasteiger partial charge < -0.3 is 9.36 Å². The quantitative estimate of drug-likeness (QED) is 0.612. The first-order valence-electron chi connectivity index (χ1n) is 4.62. The van der Waals surface area contributed by atoms with Gasteiger partial charge in [-0.15, -0.1) is 11.6 Å². The Kier molecular flexibility index (Phi) is 2.49. The summed E-state index contributed by atoms with van der Waals surface area (Å²) < 4.78 is 38.5. The summed E-state index contributed by atoms with van der Waals surface area (Å²) in [6.07, 6.45) is -1.33. The van der Waals surface area contributed by atoms with Gasteiger partial charge in [0.05, 0.1) is 17.4 Å². The van der Waals surface area contributed by atoms with E-state index in [-0.39, 0.29) is 0 Å². The number of carbonyl (C=O) groups is 1.